The van der Waals surface area contributed by atoms with E-state index in [1.54, 1.807) is 11.8 Å². The van der Waals surface area contributed by atoms with Crippen molar-refractivity contribution in [3.8, 4) is 0 Å². The summed E-state index contributed by atoms with van der Waals surface area (Å²) in [6.45, 7) is 0.601. The van der Waals surface area contributed by atoms with Crippen LogP contribution in [0.2, 0.25) is 5.02 Å². The van der Waals surface area contributed by atoms with Gasteiger partial charge in [0.2, 0.25) is 0 Å². The highest BCUT2D eigenvalue weighted by molar-refractivity contribution is 7.99. The lowest BCUT2D eigenvalue weighted by molar-refractivity contribution is 0.944. The Labute approximate surface area is 127 Å². The van der Waals surface area contributed by atoms with Crippen molar-refractivity contribution in [3.63, 3.8) is 0 Å². The first kappa shape index (κ1) is 13.6. The molecule has 2 aromatic carbocycles. The van der Waals surface area contributed by atoms with Crippen LogP contribution < -0.4 is 5.73 Å². The zero-order valence-corrected chi connectivity index (χ0v) is 12.5. The third kappa shape index (κ3) is 2.70. The second kappa shape index (κ2) is 5.92. The van der Waals surface area contributed by atoms with E-state index in [4.69, 9.17) is 17.3 Å². The van der Waals surface area contributed by atoms with E-state index < -0.39 is 0 Å². The van der Waals surface area contributed by atoms with Gasteiger partial charge in [-0.2, -0.15) is 0 Å². The normalized spacial score (nSPS) is 11.1. The minimum atomic E-state index is 0.601. The number of hydrogen-bond acceptors (Lipinski definition) is 2. The van der Waals surface area contributed by atoms with E-state index in [0.717, 1.165) is 32.4 Å². The molecule has 0 fully saturated rings. The van der Waals surface area contributed by atoms with Crippen molar-refractivity contribution in [2.45, 2.75) is 16.3 Å². The highest BCUT2D eigenvalue weighted by Crippen LogP contribution is 2.34. The number of benzene rings is 2. The van der Waals surface area contributed by atoms with Crippen LogP contribution in [0.25, 0.3) is 10.9 Å². The summed E-state index contributed by atoms with van der Waals surface area (Å²) in [5.41, 5.74) is 7.95. The first-order valence-corrected chi connectivity index (χ1v) is 7.70. The summed E-state index contributed by atoms with van der Waals surface area (Å²) in [6, 6.07) is 16.4. The molecule has 3 N–H and O–H groups in total. The van der Waals surface area contributed by atoms with Gasteiger partial charge in [0.15, 0.2) is 0 Å². The lowest BCUT2D eigenvalue weighted by Gasteiger charge is -2.09. The maximum atomic E-state index is 6.27. The van der Waals surface area contributed by atoms with Crippen LogP contribution in [-0.2, 0) is 6.42 Å². The van der Waals surface area contributed by atoms with E-state index in [1.807, 2.05) is 24.3 Å². The van der Waals surface area contributed by atoms with Gasteiger partial charge in [-0.25, -0.2) is 0 Å². The van der Waals surface area contributed by atoms with Crippen molar-refractivity contribution in [2.24, 2.45) is 5.73 Å². The Morgan fingerprint density at radius 1 is 1.10 bits per heavy atom. The summed E-state index contributed by atoms with van der Waals surface area (Å²) in [7, 11) is 0. The third-order valence-corrected chi connectivity index (χ3v) is 4.59. The zero-order valence-electron chi connectivity index (χ0n) is 10.9. The Hall–Kier alpha value is -1.42. The molecule has 0 aliphatic heterocycles. The van der Waals surface area contributed by atoms with E-state index >= 15 is 0 Å². The second-order valence-corrected chi connectivity index (χ2v) is 6.07. The Kier molecular flexibility index (Phi) is 4.01. The molecule has 0 atom stereocenters. The molecule has 102 valence electrons. The molecule has 1 aromatic heterocycles. The molecule has 0 unspecified atom stereocenters. The Balaban J connectivity index is 1.96. The number of H-pyrrole nitrogens is 1. The predicted molar refractivity (Wildman–Crippen MR) is 86.6 cm³/mol. The summed E-state index contributed by atoms with van der Waals surface area (Å²) >= 11 is 7.97. The van der Waals surface area contributed by atoms with Crippen LogP contribution in [0.4, 0.5) is 0 Å². The quantitative estimate of drug-likeness (QED) is 0.746. The smallest absolute Gasteiger partial charge is 0.0780 e. The SMILES string of the molecule is NCCc1c(Cl)cccc1Sc1cc2ccccc2[nH]1. The van der Waals surface area contributed by atoms with E-state index in [-0.39, 0.29) is 0 Å². The summed E-state index contributed by atoms with van der Waals surface area (Å²) in [6.07, 6.45) is 0.794. The maximum absolute atomic E-state index is 6.27. The molecule has 3 aromatic rings. The molecule has 0 amide bonds. The van der Waals surface area contributed by atoms with Gasteiger partial charge in [0.25, 0.3) is 0 Å². The molecule has 0 aliphatic carbocycles. The molecule has 4 heteroatoms. The Morgan fingerprint density at radius 3 is 2.75 bits per heavy atom. The Morgan fingerprint density at radius 2 is 1.95 bits per heavy atom. The molecular weight excluding hydrogens is 288 g/mol. The minimum Gasteiger partial charge on any atom is -0.349 e. The number of aromatic amines is 1. The molecule has 1 heterocycles. The van der Waals surface area contributed by atoms with Crippen molar-refractivity contribution < 1.29 is 0 Å². The van der Waals surface area contributed by atoms with Gasteiger partial charge in [0, 0.05) is 20.8 Å². The van der Waals surface area contributed by atoms with Crippen molar-refractivity contribution in [1.82, 2.24) is 4.98 Å². The number of rotatable bonds is 4. The molecule has 0 saturated carbocycles. The molecule has 0 radical (unpaired) electrons. The van der Waals surface area contributed by atoms with Crippen molar-refractivity contribution >= 4 is 34.3 Å². The highest BCUT2D eigenvalue weighted by Gasteiger charge is 2.09. The second-order valence-electron chi connectivity index (χ2n) is 4.58. The molecule has 0 saturated heterocycles. The molecular formula is C16H15ClN2S. The molecule has 2 nitrogen and oxygen atoms in total. The van der Waals surface area contributed by atoms with Gasteiger partial charge in [0.1, 0.15) is 0 Å². The number of nitrogens with two attached hydrogens (primary N) is 1. The number of halogens is 1. The van der Waals surface area contributed by atoms with Gasteiger partial charge in [0.05, 0.1) is 5.03 Å². The van der Waals surface area contributed by atoms with Crippen LogP contribution in [0, 0.1) is 0 Å². The molecule has 20 heavy (non-hydrogen) atoms. The monoisotopic (exact) mass is 302 g/mol. The van der Waals surface area contributed by atoms with E-state index in [2.05, 4.69) is 29.2 Å². The van der Waals surface area contributed by atoms with E-state index in [0.29, 0.717) is 6.54 Å². The van der Waals surface area contributed by atoms with Crippen molar-refractivity contribution in [2.75, 3.05) is 6.54 Å². The summed E-state index contributed by atoms with van der Waals surface area (Å²) in [5, 5.41) is 3.13. The standard InChI is InChI=1S/C16H15ClN2S/c17-13-5-3-7-15(12(13)8-9-18)20-16-10-11-4-1-2-6-14(11)19-16/h1-7,10,19H,8-9,18H2. The average Bonchev–Trinajstić information content (AvgIpc) is 2.85. The number of aromatic nitrogens is 1. The number of nitrogens with one attached hydrogen (secondary N) is 1. The van der Waals surface area contributed by atoms with Crippen LogP contribution in [0.5, 0.6) is 0 Å². The average molecular weight is 303 g/mol. The summed E-state index contributed by atoms with van der Waals surface area (Å²) < 4.78 is 0. The van der Waals surface area contributed by atoms with E-state index in [1.165, 1.54) is 5.39 Å². The van der Waals surface area contributed by atoms with Gasteiger partial charge < -0.3 is 10.7 Å². The maximum Gasteiger partial charge on any atom is 0.0780 e. The molecule has 0 aliphatic rings. The van der Waals surface area contributed by atoms with Crippen LogP contribution in [-0.4, -0.2) is 11.5 Å². The lowest BCUT2D eigenvalue weighted by Crippen LogP contribution is -2.04. The van der Waals surface area contributed by atoms with Gasteiger partial charge in [-0.1, -0.05) is 47.6 Å². The highest BCUT2D eigenvalue weighted by atomic mass is 35.5. The summed E-state index contributed by atoms with van der Waals surface area (Å²) in [4.78, 5) is 4.58. The zero-order chi connectivity index (χ0) is 13.9. The first-order chi connectivity index (χ1) is 9.78. The van der Waals surface area contributed by atoms with Gasteiger partial charge in [-0.05, 0) is 42.8 Å². The number of hydrogen-bond donors (Lipinski definition) is 2. The first-order valence-electron chi connectivity index (χ1n) is 6.51. The van der Waals surface area contributed by atoms with Gasteiger partial charge in [-0.15, -0.1) is 0 Å². The largest absolute Gasteiger partial charge is 0.349 e. The Bertz CT molecular complexity index is 703. The topological polar surface area (TPSA) is 41.8 Å². The van der Waals surface area contributed by atoms with Gasteiger partial charge in [-0.3, -0.25) is 0 Å². The van der Waals surface area contributed by atoms with Crippen molar-refractivity contribution in [3.05, 3.63) is 59.1 Å². The van der Waals surface area contributed by atoms with Crippen molar-refractivity contribution in [1.29, 1.82) is 0 Å². The van der Waals surface area contributed by atoms with E-state index in [9.17, 15) is 0 Å². The predicted octanol–water partition coefficient (Wildman–Crippen LogP) is 4.47. The molecule has 3 rings (SSSR count). The fourth-order valence-corrected chi connectivity index (χ4v) is 3.63. The van der Waals surface area contributed by atoms with Crippen LogP contribution in [0.15, 0.2) is 58.5 Å². The van der Waals surface area contributed by atoms with Crippen LogP contribution in [0.3, 0.4) is 0 Å². The van der Waals surface area contributed by atoms with Crippen LogP contribution in [0.1, 0.15) is 5.56 Å². The fourth-order valence-electron chi connectivity index (χ4n) is 2.24. The molecule has 0 bridgehead atoms. The lowest BCUT2D eigenvalue weighted by atomic mass is 10.1. The fraction of sp³-hybridized carbons (Fsp3) is 0.125. The summed E-state index contributed by atoms with van der Waals surface area (Å²) in [5.74, 6) is 0. The minimum absolute atomic E-state index is 0.601. The van der Waals surface area contributed by atoms with Crippen LogP contribution >= 0.6 is 23.4 Å². The number of para-hydroxylation sites is 1. The third-order valence-electron chi connectivity index (χ3n) is 3.20. The van der Waals surface area contributed by atoms with Gasteiger partial charge >= 0.3 is 0 Å². The number of fused-ring (bicyclic) bond motifs is 1. The molecule has 0 spiro atoms.